The molecule has 1 N–H and O–H groups in total. The Morgan fingerprint density at radius 1 is 0.929 bits per heavy atom. The van der Waals surface area contributed by atoms with Crippen LogP contribution in [-0.2, 0) is 14.8 Å². The third-order valence-corrected chi connectivity index (χ3v) is 6.31. The number of rotatable bonds is 6. The summed E-state index contributed by atoms with van der Waals surface area (Å²) in [4.78, 5) is 12.9. The van der Waals surface area contributed by atoms with Crippen LogP contribution in [0.1, 0.15) is 47.7 Å². The zero-order chi connectivity index (χ0) is 21.2. The van der Waals surface area contributed by atoms with Gasteiger partial charge >= 0.3 is 0 Å². The lowest BCUT2D eigenvalue weighted by Crippen LogP contribution is -2.48. The molecule has 0 saturated carbocycles. The van der Waals surface area contributed by atoms with Gasteiger partial charge in [-0.05, 0) is 75.4 Å². The van der Waals surface area contributed by atoms with E-state index in [9.17, 15) is 13.2 Å². The molecule has 0 unspecified atom stereocenters. The van der Waals surface area contributed by atoms with E-state index in [0.29, 0.717) is 5.69 Å². The fourth-order valence-electron chi connectivity index (χ4n) is 3.19. The Balaban J connectivity index is 2.31. The minimum Gasteiger partial charge on any atom is -0.348 e. The molecule has 5 nitrogen and oxygen atoms in total. The molecule has 2 rings (SSSR count). The van der Waals surface area contributed by atoms with Crippen molar-refractivity contribution in [2.45, 2.75) is 53.6 Å². The van der Waals surface area contributed by atoms with E-state index in [2.05, 4.69) is 5.32 Å². The van der Waals surface area contributed by atoms with Gasteiger partial charge in [-0.15, -0.1) is 0 Å². The first kappa shape index (κ1) is 22.0. The number of benzene rings is 2. The van der Waals surface area contributed by atoms with E-state index in [4.69, 9.17) is 0 Å². The fourth-order valence-corrected chi connectivity index (χ4v) is 4.41. The molecule has 28 heavy (non-hydrogen) atoms. The Kier molecular flexibility index (Phi) is 6.55. The Bertz CT molecular complexity index is 983. The van der Waals surface area contributed by atoms with Gasteiger partial charge in [0.15, 0.2) is 0 Å². The molecule has 0 aromatic heterocycles. The van der Waals surface area contributed by atoms with Gasteiger partial charge in [-0.25, -0.2) is 8.42 Å². The average molecular weight is 403 g/mol. The SMILES string of the molecule is Cc1ccc(C)c(N([C@H](C)C(=O)N[C@H](C)c2ccc(C)c(C)c2)S(C)(=O)=O)c1. The molecule has 2 atom stereocenters. The highest BCUT2D eigenvalue weighted by Gasteiger charge is 2.30. The van der Waals surface area contributed by atoms with Crippen molar-refractivity contribution in [2.75, 3.05) is 10.6 Å². The highest BCUT2D eigenvalue weighted by molar-refractivity contribution is 7.92. The first-order valence-corrected chi connectivity index (χ1v) is 11.2. The second-order valence-electron chi connectivity index (χ2n) is 7.60. The van der Waals surface area contributed by atoms with Crippen molar-refractivity contribution in [3.8, 4) is 0 Å². The fraction of sp³-hybridized carbons (Fsp3) is 0.409. The average Bonchev–Trinajstić information content (AvgIpc) is 2.59. The van der Waals surface area contributed by atoms with Crippen LogP contribution in [-0.4, -0.2) is 26.6 Å². The number of nitrogens with zero attached hydrogens (tertiary/aromatic N) is 1. The van der Waals surface area contributed by atoms with E-state index < -0.39 is 16.1 Å². The standard InChI is InChI=1S/C22H30N2O3S/c1-14-8-9-16(3)21(12-14)24(28(7,26)27)19(6)22(25)23-18(5)20-11-10-15(2)17(4)13-20/h8-13,18-19H,1-7H3,(H,23,25)/t18-,19-/m1/s1. The largest absolute Gasteiger partial charge is 0.348 e. The van der Waals surface area contributed by atoms with Crippen LogP contribution >= 0.6 is 0 Å². The minimum atomic E-state index is -3.64. The molecule has 0 aliphatic rings. The van der Waals surface area contributed by atoms with Gasteiger partial charge in [-0.2, -0.15) is 0 Å². The molecule has 2 aromatic rings. The molecule has 1 amide bonds. The molecule has 0 saturated heterocycles. The van der Waals surface area contributed by atoms with Crippen molar-refractivity contribution < 1.29 is 13.2 Å². The Morgan fingerprint density at radius 3 is 2.11 bits per heavy atom. The lowest BCUT2D eigenvalue weighted by Gasteiger charge is -2.30. The van der Waals surface area contributed by atoms with Crippen LogP contribution in [0.5, 0.6) is 0 Å². The normalized spacial score (nSPS) is 13.7. The summed E-state index contributed by atoms with van der Waals surface area (Å²) < 4.78 is 26.3. The topological polar surface area (TPSA) is 66.5 Å². The highest BCUT2D eigenvalue weighted by Crippen LogP contribution is 2.27. The number of carbonyl (C=O) groups is 1. The third-order valence-electron chi connectivity index (χ3n) is 5.08. The molecule has 0 radical (unpaired) electrons. The zero-order valence-electron chi connectivity index (χ0n) is 17.7. The number of hydrogen-bond donors (Lipinski definition) is 1. The van der Waals surface area contributed by atoms with Gasteiger partial charge in [0.05, 0.1) is 18.0 Å². The highest BCUT2D eigenvalue weighted by atomic mass is 32.2. The number of sulfonamides is 1. The van der Waals surface area contributed by atoms with Gasteiger partial charge < -0.3 is 5.32 Å². The van der Waals surface area contributed by atoms with Crippen molar-refractivity contribution >= 4 is 21.6 Å². The summed E-state index contributed by atoms with van der Waals surface area (Å²) in [5.41, 5.74) is 5.60. The maximum absolute atomic E-state index is 12.9. The molecule has 6 heteroatoms. The third kappa shape index (κ3) is 4.93. The lowest BCUT2D eigenvalue weighted by atomic mass is 10.0. The molecule has 0 heterocycles. The Labute approximate surface area is 168 Å². The van der Waals surface area contributed by atoms with Crippen molar-refractivity contribution in [3.63, 3.8) is 0 Å². The van der Waals surface area contributed by atoms with Crippen molar-refractivity contribution in [1.82, 2.24) is 5.32 Å². The summed E-state index contributed by atoms with van der Waals surface area (Å²) in [6.07, 6.45) is 1.13. The van der Waals surface area contributed by atoms with Gasteiger partial charge in [0.1, 0.15) is 6.04 Å². The smallest absolute Gasteiger partial charge is 0.244 e. The summed E-state index contributed by atoms with van der Waals surface area (Å²) >= 11 is 0. The number of hydrogen-bond acceptors (Lipinski definition) is 3. The summed E-state index contributed by atoms with van der Waals surface area (Å²) in [5, 5.41) is 2.95. The van der Waals surface area contributed by atoms with Gasteiger partial charge in [0, 0.05) is 0 Å². The molecule has 0 spiro atoms. The second kappa shape index (κ2) is 8.35. The summed E-state index contributed by atoms with van der Waals surface area (Å²) in [6.45, 7) is 11.3. The van der Waals surface area contributed by atoms with E-state index in [1.807, 2.05) is 65.0 Å². The number of nitrogens with one attached hydrogen (secondary N) is 1. The van der Waals surface area contributed by atoms with Gasteiger partial charge in [-0.3, -0.25) is 9.10 Å². The van der Waals surface area contributed by atoms with Crippen LogP contribution in [0.3, 0.4) is 0 Å². The molecule has 2 aromatic carbocycles. The van der Waals surface area contributed by atoms with E-state index in [1.165, 1.54) is 9.87 Å². The van der Waals surface area contributed by atoms with Gasteiger partial charge in [0.2, 0.25) is 15.9 Å². The van der Waals surface area contributed by atoms with Crippen molar-refractivity contribution in [3.05, 3.63) is 64.2 Å². The van der Waals surface area contributed by atoms with Gasteiger partial charge in [-0.1, -0.05) is 30.3 Å². The Morgan fingerprint density at radius 2 is 1.54 bits per heavy atom. The van der Waals surface area contributed by atoms with Crippen LogP contribution in [0.25, 0.3) is 0 Å². The molecular weight excluding hydrogens is 372 g/mol. The van der Waals surface area contributed by atoms with E-state index in [-0.39, 0.29) is 11.9 Å². The lowest BCUT2D eigenvalue weighted by molar-refractivity contribution is -0.122. The van der Waals surface area contributed by atoms with Crippen LogP contribution in [0.2, 0.25) is 0 Å². The molecule has 0 aliphatic carbocycles. The van der Waals surface area contributed by atoms with Crippen LogP contribution in [0.15, 0.2) is 36.4 Å². The zero-order valence-corrected chi connectivity index (χ0v) is 18.5. The molecule has 0 fully saturated rings. The maximum atomic E-state index is 12.9. The first-order valence-electron chi connectivity index (χ1n) is 9.36. The van der Waals surface area contributed by atoms with E-state index in [0.717, 1.165) is 28.5 Å². The molecule has 0 bridgehead atoms. The summed E-state index contributed by atoms with van der Waals surface area (Å²) in [5.74, 6) is -0.336. The second-order valence-corrected chi connectivity index (χ2v) is 9.46. The van der Waals surface area contributed by atoms with Crippen LogP contribution in [0, 0.1) is 27.7 Å². The quantitative estimate of drug-likeness (QED) is 0.795. The molecule has 152 valence electrons. The number of aryl methyl sites for hydroxylation is 4. The van der Waals surface area contributed by atoms with Crippen LogP contribution < -0.4 is 9.62 Å². The predicted molar refractivity (Wildman–Crippen MR) is 115 cm³/mol. The molecular formula is C22H30N2O3S. The predicted octanol–water partition coefficient (Wildman–Crippen LogP) is 3.95. The van der Waals surface area contributed by atoms with Crippen molar-refractivity contribution in [2.24, 2.45) is 0 Å². The molecule has 0 aliphatic heterocycles. The summed E-state index contributed by atoms with van der Waals surface area (Å²) in [7, 11) is -3.64. The number of amides is 1. The monoisotopic (exact) mass is 402 g/mol. The van der Waals surface area contributed by atoms with E-state index in [1.54, 1.807) is 13.0 Å². The van der Waals surface area contributed by atoms with E-state index >= 15 is 0 Å². The Hall–Kier alpha value is -2.34. The van der Waals surface area contributed by atoms with Crippen molar-refractivity contribution in [1.29, 1.82) is 0 Å². The van der Waals surface area contributed by atoms with Gasteiger partial charge in [0.25, 0.3) is 0 Å². The van der Waals surface area contributed by atoms with Crippen LogP contribution in [0.4, 0.5) is 5.69 Å². The summed E-state index contributed by atoms with van der Waals surface area (Å²) in [6, 6.07) is 10.5. The maximum Gasteiger partial charge on any atom is 0.244 e. The number of anilines is 1. The minimum absolute atomic E-state index is 0.228. The number of carbonyl (C=O) groups excluding carboxylic acids is 1. The first-order chi connectivity index (χ1) is 12.9.